The van der Waals surface area contributed by atoms with Crippen molar-refractivity contribution in [3.05, 3.63) is 5.82 Å². The number of oxime groups is 1. The minimum absolute atomic E-state index is 0. The number of carboxylic acids is 1. The van der Waals surface area contributed by atoms with Gasteiger partial charge in [0, 0.05) is 11.5 Å². The third-order valence-corrected chi connectivity index (χ3v) is 2.44. The standard InChI is InChI=1S/C8H9ClN4O4S.ClH/c1-8(2,6(15)16)17-12-3(4(9)14)5-11-7(10)18-13-5;/h1-2H3,(H,15,16)(H2,10,11,13);1H/b12-3+;. The lowest BCUT2D eigenvalue weighted by molar-refractivity contribution is -0.161. The van der Waals surface area contributed by atoms with Gasteiger partial charge in [0.2, 0.25) is 17.1 Å². The second kappa shape index (κ2) is 6.64. The maximum absolute atomic E-state index is 11.1. The van der Waals surface area contributed by atoms with Crippen LogP contribution >= 0.6 is 35.5 Å². The van der Waals surface area contributed by atoms with Crippen LogP contribution in [0.15, 0.2) is 5.16 Å². The van der Waals surface area contributed by atoms with E-state index in [1.807, 2.05) is 0 Å². The molecule has 1 rings (SSSR count). The molecule has 0 fully saturated rings. The highest BCUT2D eigenvalue weighted by atomic mass is 35.5. The zero-order valence-electron chi connectivity index (χ0n) is 9.79. The molecule has 11 heteroatoms. The molecule has 8 nitrogen and oxygen atoms in total. The number of nitrogen functional groups attached to an aromatic ring is 1. The Labute approximate surface area is 123 Å². The Kier molecular flexibility index (Phi) is 6.13. The second-order valence-electron chi connectivity index (χ2n) is 3.58. The first kappa shape index (κ1) is 17.6. The Morgan fingerprint density at radius 2 is 2.11 bits per heavy atom. The van der Waals surface area contributed by atoms with E-state index < -0.39 is 22.5 Å². The number of rotatable bonds is 5. The molecule has 0 bridgehead atoms. The Morgan fingerprint density at radius 3 is 2.47 bits per heavy atom. The zero-order chi connectivity index (χ0) is 13.9. The van der Waals surface area contributed by atoms with Crippen LogP contribution in [0.5, 0.6) is 0 Å². The number of carboxylic acid groups (broad SMARTS) is 1. The summed E-state index contributed by atoms with van der Waals surface area (Å²) in [5.74, 6) is -1.36. The Hall–Kier alpha value is -1.45. The van der Waals surface area contributed by atoms with E-state index in [-0.39, 0.29) is 23.4 Å². The molecular weight excluding hydrogens is 319 g/mol. The lowest BCUT2D eigenvalue weighted by atomic mass is 10.1. The topological polar surface area (TPSA) is 128 Å². The van der Waals surface area contributed by atoms with Crippen LogP contribution in [0.4, 0.5) is 5.13 Å². The summed E-state index contributed by atoms with van der Waals surface area (Å²) < 4.78 is 3.72. The maximum Gasteiger partial charge on any atom is 0.350 e. The molecule has 0 unspecified atom stereocenters. The van der Waals surface area contributed by atoms with E-state index in [9.17, 15) is 9.59 Å². The van der Waals surface area contributed by atoms with E-state index in [0.29, 0.717) is 0 Å². The minimum atomic E-state index is -1.61. The molecule has 19 heavy (non-hydrogen) atoms. The molecule has 106 valence electrons. The highest BCUT2D eigenvalue weighted by Crippen LogP contribution is 2.13. The van der Waals surface area contributed by atoms with Crippen LogP contribution in [0, 0.1) is 0 Å². The Bertz CT molecular complexity index is 517. The number of carbonyl (C=O) groups is 2. The lowest BCUT2D eigenvalue weighted by Gasteiger charge is -2.16. The van der Waals surface area contributed by atoms with Crippen molar-refractivity contribution in [2.24, 2.45) is 5.16 Å². The third-order valence-electron chi connectivity index (χ3n) is 1.72. The molecule has 0 atom stereocenters. The van der Waals surface area contributed by atoms with Crippen LogP contribution in [0.1, 0.15) is 19.7 Å². The molecule has 0 aliphatic rings. The largest absolute Gasteiger partial charge is 0.478 e. The highest BCUT2D eigenvalue weighted by Gasteiger charge is 2.31. The van der Waals surface area contributed by atoms with Gasteiger partial charge < -0.3 is 15.7 Å². The van der Waals surface area contributed by atoms with E-state index in [2.05, 4.69) is 14.5 Å². The first-order chi connectivity index (χ1) is 8.24. The molecular formula is C8H10Cl2N4O4S. The van der Waals surface area contributed by atoms with Crippen molar-refractivity contribution in [2.75, 3.05) is 5.73 Å². The summed E-state index contributed by atoms with van der Waals surface area (Å²) in [4.78, 5) is 30.4. The van der Waals surface area contributed by atoms with E-state index >= 15 is 0 Å². The molecule has 0 aliphatic heterocycles. The number of halogens is 2. The first-order valence-electron chi connectivity index (χ1n) is 4.53. The molecule has 0 aromatic carbocycles. The lowest BCUT2D eigenvalue weighted by Crippen LogP contribution is -2.33. The van der Waals surface area contributed by atoms with Crippen molar-refractivity contribution in [2.45, 2.75) is 19.4 Å². The van der Waals surface area contributed by atoms with Crippen LogP contribution < -0.4 is 5.73 Å². The van der Waals surface area contributed by atoms with Crippen molar-refractivity contribution in [1.82, 2.24) is 9.36 Å². The number of hydrogen-bond acceptors (Lipinski definition) is 8. The normalized spacial score (nSPS) is 11.6. The average molecular weight is 329 g/mol. The zero-order valence-corrected chi connectivity index (χ0v) is 12.2. The van der Waals surface area contributed by atoms with Crippen molar-refractivity contribution in [1.29, 1.82) is 0 Å². The quantitative estimate of drug-likeness (QED) is 0.466. The summed E-state index contributed by atoms with van der Waals surface area (Å²) in [5.41, 5.74) is 3.33. The Balaban J connectivity index is 0.00000324. The van der Waals surface area contributed by atoms with Crippen LogP contribution in [0.25, 0.3) is 0 Å². The number of nitrogens with zero attached hydrogens (tertiary/aromatic N) is 3. The summed E-state index contributed by atoms with van der Waals surface area (Å²) >= 11 is 6.13. The van der Waals surface area contributed by atoms with Crippen molar-refractivity contribution >= 4 is 57.6 Å². The fourth-order valence-electron chi connectivity index (χ4n) is 0.695. The van der Waals surface area contributed by atoms with Gasteiger partial charge in [0.05, 0.1) is 0 Å². The summed E-state index contributed by atoms with van der Waals surface area (Å²) in [6.07, 6.45) is 0. The molecule has 0 amide bonds. The number of aromatic nitrogens is 2. The molecule has 1 heterocycles. The summed E-state index contributed by atoms with van der Waals surface area (Å²) in [6.45, 7) is 2.52. The van der Waals surface area contributed by atoms with Crippen LogP contribution in [-0.4, -0.2) is 37.0 Å². The SMILES string of the molecule is CC(C)(O/N=C(\C(=O)Cl)c1nsc(N)n1)C(=O)O.Cl. The number of hydrogen-bond donors (Lipinski definition) is 2. The fraction of sp³-hybridized carbons (Fsp3) is 0.375. The maximum atomic E-state index is 11.1. The number of nitrogens with two attached hydrogens (primary N) is 1. The molecule has 0 spiro atoms. The highest BCUT2D eigenvalue weighted by molar-refractivity contribution is 7.09. The van der Waals surface area contributed by atoms with Gasteiger partial charge in [0.25, 0.3) is 5.24 Å². The van der Waals surface area contributed by atoms with Gasteiger partial charge in [-0.05, 0) is 25.4 Å². The van der Waals surface area contributed by atoms with E-state index in [4.69, 9.17) is 27.3 Å². The van der Waals surface area contributed by atoms with Gasteiger partial charge in [-0.25, -0.2) is 4.79 Å². The smallest absolute Gasteiger partial charge is 0.350 e. The van der Waals surface area contributed by atoms with E-state index in [1.165, 1.54) is 13.8 Å². The van der Waals surface area contributed by atoms with E-state index in [0.717, 1.165) is 11.5 Å². The predicted molar refractivity (Wildman–Crippen MR) is 71.8 cm³/mol. The molecule has 1 aromatic rings. The summed E-state index contributed by atoms with van der Waals surface area (Å²) in [7, 11) is 0. The molecule has 0 saturated heterocycles. The van der Waals surface area contributed by atoms with Crippen molar-refractivity contribution < 1.29 is 19.5 Å². The van der Waals surface area contributed by atoms with Crippen LogP contribution in [0.2, 0.25) is 0 Å². The fourth-order valence-corrected chi connectivity index (χ4v) is 1.25. The van der Waals surface area contributed by atoms with Crippen LogP contribution in [-0.2, 0) is 14.4 Å². The number of aliphatic carboxylic acids is 1. The molecule has 0 saturated carbocycles. The van der Waals surface area contributed by atoms with Crippen LogP contribution in [0.3, 0.4) is 0 Å². The average Bonchev–Trinajstić information content (AvgIpc) is 2.64. The van der Waals surface area contributed by atoms with Gasteiger partial charge in [-0.1, -0.05) is 5.16 Å². The number of carbonyl (C=O) groups excluding carboxylic acids is 1. The summed E-state index contributed by atoms with van der Waals surface area (Å²) in [6, 6.07) is 0. The minimum Gasteiger partial charge on any atom is -0.478 e. The molecule has 1 aromatic heterocycles. The van der Waals surface area contributed by atoms with Gasteiger partial charge >= 0.3 is 5.97 Å². The molecule has 0 radical (unpaired) electrons. The first-order valence-corrected chi connectivity index (χ1v) is 5.68. The van der Waals surface area contributed by atoms with Gasteiger partial charge in [0.1, 0.15) is 0 Å². The monoisotopic (exact) mass is 328 g/mol. The van der Waals surface area contributed by atoms with Gasteiger partial charge in [0.15, 0.2) is 5.13 Å². The summed E-state index contributed by atoms with van der Waals surface area (Å²) in [5, 5.41) is 11.3. The molecule has 3 N–H and O–H groups in total. The Morgan fingerprint density at radius 1 is 1.53 bits per heavy atom. The molecule has 0 aliphatic carbocycles. The van der Waals surface area contributed by atoms with Crippen molar-refractivity contribution in [3.63, 3.8) is 0 Å². The third kappa shape index (κ3) is 4.62. The predicted octanol–water partition coefficient (Wildman–Crippen LogP) is 0.891. The van der Waals surface area contributed by atoms with Gasteiger partial charge in [-0.15, -0.1) is 12.4 Å². The van der Waals surface area contributed by atoms with Gasteiger partial charge in [-0.2, -0.15) is 9.36 Å². The number of anilines is 1. The second-order valence-corrected chi connectivity index (χ2v) is 4.70. The van der Waals surface area contributed by atoms with Crippen molar-refractivity contribution in [3.8, 4) is 0 Å². The van der Waals surface area contributed by atoms with Gasteiger partial charge in [-0.3, -0.25) is 4.79 Å². The van der Waals surface area contributed by atoms with E-state index in [1.54, 1.807) is 0 Å².